The van der Waals surface area contributed by atoms with Gasteiger partial charge in [0.05, 0.1) is 6.61 Å². The van der Waals surface area contributed by atoms with Gasteiger partial charge in [0.15, 0.2) is 0 Å². The molecule has 1 aromatic carbocycles. The lowest BCUT2D eigenvalue weighted by Gasteiger charge is -2.06. The van der Waals surface area contributed by atoms with E-state index in [9.17, 15) is 0 Å². The third-order valence-corrected chi connectivity index (χ3v) is 3.23. The molecule has 0 aromatic heterocycles. The molecule has 2 aliphatic rings. The highest BCUT2D eigenvalue weighted by Gasteiger charge is 2.25. The Kier molecular flexibility index (Phi) is 2.01. The monoisotopic (exact) mass is 201 g/mol. The summed E-state index contributed by atoms with van der Waals surface area (Å²) in [7, 11) is 0. The van der Waals surface area contributed by atoms with Crippen molar-refractivity contribution in [2.24, 2.45) is 4.99 Å². The molecule has 3 rings (SSSR count). The first-order valence-corrected chi connectivity index (χ1v) is 5.71. The molecule has 0 N–H and O–H groups in total. The molecule has 2 heteroatoms. The molecule has 0 fully saturated rings. The minimum atomic E-state index is 0.838. The summed E-state index contributed by atoms with van der Waals surface area (Å²) in [6.45, 7) is 3.83. The molecule has 1 aromatic rings. The molecule has 1 aliphatic heterocycles. The van der Waals surface area contributed by atoms with E-state index < -0.39 is 0 Å². The first-order chi connectivity index (χ1) is 7.40. The second-order valence-electron chi connectivity index (χ2n) is 4.10. The van der Waals surface area contributed by atoms with E-state index in [4.69, 9.17) is 4.74 Å². The van der Waals surface area contributed by atoms with E-state index in [1.807, 2.05) is 0 Å². The van der Waals surface area contributed by atoms with Crippen molar-refractivity contribution in [2.75, 3.05) is 13.2 Å². The molecule has 15 heavy (non-hydrogen) atoms. The van der Waals surface area contributed by atoms with Crippen LogP contribution in [0.1, 0.15) is 30.0 Å². The first kappa shape index (κ1) is 8.96. The number of ether oxygens (including phenoxy) is 1. The van der Waals surface area contributed by atoms with Crippen molar-refractivity contribution < 1.29 is 4.74 Å². The number of nitrogens with zero attached hydrogens (tertiary/aromatic N) is 1. The first-order valence-electron chi connectivity index (χ1n) is 5.71. The SMILES string of the molecule is CCN=C1CCc2ccc3c(c21)CCO3. The van der Waals surface area contributed by atoms with E-state index in [-0.39, 0.29) is 0 Å². The number of benzene rings is 1. The molecule has 0 amide bonds. The van der Waals surface area contributed by atoms with Crippen molar-refractivity contribution in [1.29, 1.82) is 0 Å². The van der Waals surface area contributed by atoms with Crippen molar-refractivity contribution in [3.63, 3.8) is 0 Å². The van der Waals surface area contributed by atoms with E-state index >= 15 is 0 Å². The highest BCUT2D eigenvalue weighted by Crippen LogP contribution is 2.35. The van der Waals surface area contributed by atoms with Crippen LogP contribution in [-0.4, -0.2) is 18.9 Å². The lowest BCUT2D eigenvalue weighted by molar-refractivity contribution is 0.357. The molecule has 0 saturated carbocycles. The normalized spacial score (nSPS) is 20.2. The summed E-state index contributed by atoms with van der Waals surface area (Å²) in [4.78, 5) is 4.60. The summed E-state index contributed by atoms with van der Waals surface area (Å²) < 4.78 is 5.60. The van der Waals surface area contributed by atoms with Crippen LogP contribution in [0.3, 0.4) is 0 Å². The van der Waals surface area contributed by atoms with Crippen molar-refractivity contribution in [3.05, 3.63) is 28.8 Å². The Morgan fingerprint density at radius 2 is 2.20 bits per heavy atom. The van der Waals surface area contributed by atoms with Crippen LogP contribution >= 0.6 is 0 Å². The van der Waals surface area contributed by atoms with Gasteiger partial charge in [-0.15, -0.1) is 0 Å². The number of hydrogen-bond acceptors (Lipinski definition) is 2. The fraction of sp³-hybridized carbons (Fsp3) is 0.462. The van der Waals surface area contributed by atoms with Crippen molar-refractivity contribution in [1.82, 2.24) is 0 Å². The largest absolute Gasteiger partial charge is 0.493 e. The summed E-state index contributed by atoms with van der Waals surface area (Å²) in [6.07, 6.45) is 3.32. The number of rotatable bonds is 1. The maximum absolute atomic E-state index is 5.60. The van der Waals surface area contributed by atoms with Gasteiger partial charge < -0.3 is 4.74 Å². The van der Waals surface area contributed by atoms with Crippen LogP contribution in [0.2, 0.25) is 0 Å². The fourth-order valence-electron chi connectivity index (χ4n) is 2.62. The average Bonchev–Trinajstić information content (AvgIpc) is 2.83. The number of hydrogen-bond donors (Lipinski definition) is 0. The Labute approximate surface area is 90.0 Å². The lowest BCUT2D eigenvalue weighted by atomic mass is 10.0. The Bertz CT molecular complexity index is 434. The van der Waals surface area contributed by atoms with Gasteiger partial charge in [0.1, 0.15) is 5.75 Å². The van der Waals surface area contributed by atoms with E-state index in [2.05, 4.69) is 24.0 Å². The molecule has 0 radical (unpaired) electrons. The topological polar surface area (TPSA) is 21.6 Å². The Hall–Kier alpha value is -1.31. The van der Waals surface area contributed by atoms with Crippen molar-refractivity contribution in [2.45, 2.75) is 26.2 Å². The number of fused-ring (bicyclic) bond motifs is 3. The van der Waals surface area contributed by atoms with Gasteiger partial charge in [0.2, 0.25) is 0 Å². The van der Waals surface area contributed by atoms with E-state index in [0.717, 1.165) is 38.2 Å². The van der Waals surface area contributed by atoms with E-state index in [1.165, 1.54) is 22.4 Å². The van der Waals surface area contributed by atoms with Gasteiger partial charge in [-0.2, -0.15) is 0 Å². The zero-order valence-corrected chi connectivity index (χ0v) is 9.05. The highest BCUT2D eigenvalue weighted by atomic mass is 16.5. The van der Waals surface area contributed by atoms with Gasteiger partial charge in [0.25, 0.3) is 0 Å². The molecular formula is C13H15NO. The smallest absolute Gasteiger partial charge is 0.123 e. The Morgan fingerprint density at radius 3 is 3.07 bits per heavy atom. The summed E-state index contributed by atoms with van der Waals surface area (Å²) in [5, 5.41) is 0. The summed E-state index contributed by atoms with van der Waals surface area (Å²) in [5.41, 5.74) is 5.57. The zero-order chi connectivity index (χ0) is 10.3. The minimum absolute atomic E-state index is 0.838. The van der Waals surface area contributed by atoms with Crippen LogP contribution in [0, 0.1) is 0 Å². The number of aryl methyl sites for hydroxylation is 1. The lowest BCUT2D eigenvalue weighted by Crippen LogP contribution is -1.99. The molecule has 2 nitrogen and oxygen atoms in total. The molecular weight excluding hydrogens is 186 g/mol. The van der Waals surface area contributed by atoms with Crippen LogP contribution < -0.4 is 4.74 Å². The van der Waals surface area contributed by atoms with Crippen LogP contribution in [-0.2, 0) is 12.8 Å². The quantitative estimate of drug-likeness (QED) is 0.683. The van der Waals surface area contributed by atoms with Gasteiger partial charge in [0, 0.05) is 29.8 Å². The highest BCUT2D eigenvalue weighted by molar-refractivity contribution is 6.06. The third kappa shape index (κ3) is 1.28. The predicted molar refractivity (Wildman–Crippen MR) is 61.0 cm³/mol. The molecule has 1 aliphatic carbocycles. The van der Waals surface area contributed by atoms with E-state index in [1.54, 1.807) is 0 Å². The van der Waals surface area contributed by atoms with Gasteiger partial charge >= 0.3 is 0 Å². The summed E-state index contributed by atoms with van der Waals surface area (Å²) in [6, 6.07) is 4.33. The van der Waals surface area contributed by atoms with Crippen LogP contribution in [0.5, 0.6) is 5.75 Å². The zero-order valence-electron chi connectivity index (χ0n) is 9.05. The van der Waals surface area contributed by atoms with E-state index in [0.29, 0.717) is 0 Å². The molecule has 0 bridgehead atoms. The van der Waals surface area contributed by atoms with Gasteiger partial charge in [-0.1, -0.05) is 6.07 Å². The van der Waals surface area contributed by atoms with Crippen LogP contribution in [0.4, 0.5) is 0 Å². The fourth-order valence-corrected chi connectivity index (χ4v) is 2.62. The van der Waals surface area contributed by atoms with Crippen molar-refractivity contribution >= 4 is 5.71 Å². The Morgan fingerprint density at radius 1 is 1.27 bits per heavy atom. The molecule has 0 unspecified atom stereocenters. The number of aliphatic imine (C=N–C) groups is 1. The van der Waals surface area contributed by atoms with Crippen molar-refractivity contribution in [3.8, 4) is 5.75 Å². The minimum Gasteiger partial charge on any atom is -0.493 e. The Balaban J connectivity index is 2.18. The molecule has 78 valence electrons. The molecule has 0 saturated heterocycles. The van der Waals surface area contributed by atoms with Gasteiger partial charge in [-0.05, 0) is 31.4 Å². The standard InChI is InChI=1S/C13H15NO/c1-2-14-11-5-3-9-4-6-12-10(13(9)11)7-8-15-12/h4,6H,2-3,5,7-8H2,1H3. The van der Waals surface area contributed by atoms with Gasteiger partial charge in [-0.3, -0.25) is 4.99 Å². The predicted octanol–water partition coefficient (Wildman–Crippen LogP) is 2.38. The maximum atomic E-state index is 5.60. The van der Waals surface area contributed by atoms with Crippen LogP contribution in [0.15, 0.2) is 17.1 Å². The maximum Gasteiger partial charge on any atom is 0.123 e. The third-order valence-electron chi connectivity index (χ3n) is 3.23. The second-order valence-corrected chi connectivity index (χ2v) is 4.10. The van der Waals surface area contributed by atoms with Gasteiger partial charge in [-0.25, -0.2) is 0 Å². The molecule has 1 heterocycles. The molecule has 0 spiro atoms. The van der Waals surface area contributed by atoms with Crippen LogP contribution in [0.25, 0.3) is 0 Å². The average molecular weight is 201 g/mol. The summed E-state index contributed by atoms with van der Waals surface area (Å²) in [5.74, 6) is 1.08. The second kappa shape index (κ2) is 3.37. The molecule has 0 atom stereocenters. The summed E-state index contributed by atoms with van der Waals surface area (Å²) >= 11 is 0.